The molecule has 1 unspecified atom stereocenters. The van der Waals surface area contributed by atoms with Crippen LogP contribution in [-0.4, -0.2) is 63.4 Å². The summed E-state index contributed by atoms with van der Waals surface area (Å²) in [5.41, 5.74) is 5.81. The first-order chi connectivity index (χ1) is 17.4. The molecule has 5 rings (SSSR count). The zero-order valence-electron chi connectivity index (χ0n) is 20.4. The van der Waals surface area contributed by atoms with E-state index in [0.29, 0.717) is 43.1 Å². The number of esters is 1. The number of hydrogen-bond donors (Lipinski definition) is 0. The van der Waals surface area contributed by atoms with E-state index < -0.39 is 0 Å². The quantitative estimate of drug-likeness (QED) is 0.517. The zero-order valence-corrected chi connectivity index (χ0v) is 20.4. The maximum atomic E-state index is 12.6. The molecule has 0 N–H and O–H groups in total. The molecule has 4 heterocycles. The summed E-state index contributed by atoms with van der Waals surface area (Å²) < 4.78 is 12.0. The third-order valence-electron chi connectivity index (χ3n) is 6.93. The summed E-state index contributed by atoms with van der Waals surface area (Å²) in [5.74, 6) is 0.343. The van der Waals surface area contributed by atoms with Gasteiger partial charge in [0.05, 0.1) is 30.5 Å². The van der Waals surface area contributed by atoms with Crippen molar-refractivity contribution in [1.29, 1.82) is 5.26 Å². The van der Waals surface area contributed by atoms with Crippen molar-refractivity contribution in [3.05, 3.63) is 75.7 Å². The Labute approximate surface area is 208 Å². The van der Waals surface area contributed by atoms with Crippen LogP contribution in [0.1, 0.15) is 49.8 Å². The van der Waals surface area contributed by atoms with Gasteiger partial charge in [0.1, 0.15) is 12.7 Å². The van der Waals surface area contributed by atoms with Gasteiger partial charge in [0.25, 0.3) is 0 Å². The molecule has 1 saturated heterocycles. The standard InChI is InChI=1S/C26H26N6O4/c1-16-8-24(28-11-19(16)9-27)32-13-18(10-29-32)12-30-6-7-31(26(34)35-3)23(14-30)20-4-5-21-22(17(20)2)15-36-25(21)33/h4-5,8,10-11,13,23H,6-7,12,14-15H2,1-3H3. The number of amides is 1. The SMILES string of the molecule is COC(=O)N1CCN(Cc2cnn(-c3cc(C)c(C#N)cn3)c2)CC1c1ccc2c(c1C)COC2=O. The maximum absolute atomic E-state index is 12.6. The van der Waals surface area contributed by atoms with Crippen molar-refractivity contribution in [2.45, 2.75) is 33.0 Å². The molecule has 1 atom stereocenters. The van der Waals surface area contributed by atoms with Crippen LogP contribution in [0.4, 0.5) is 4.79 Å². The number of cyclic esters (lactones) is 1. The van der Waals surface area contributed by atoms with Gasteiger partial charge in [-0.2, -0.15) is 10.4 Å². The molecular weight excluding hydrogens is 460 g/mol. The first-order valence-electron chi connectivity index (χ1n) is 11.7. The van der Waals surface area contributed by atoms with Crippen LogP contribution in [0.5, 0.6) is 0 Å². The number of pyridine rings is 1. The summed E-state index contributed by atoms with van der Waals surface area (Å²) in [4.78, 5) is 33.0. The van der Waals surface area contributed by atoms with Crippen LogP contribution in [0.2, 0.25) is 0 Å². The Bertz CT molecular complexity index is 1390. The van der Waals surface area contributed by atoms with E-state index >= 15 is 0 Å². The molecule has 184 valence electrons. The smallest absolute Gasteiger partial charge is 0.410 e. The van der Waals surface area contributed by atoms with Gasteiger partial charge >= 0.3 is 12.1 Å². The minimum absolute atomic E-state index is 0.231. The molecule has 0 bridgehead atoms. The number of benzene rings is 1. The molecule has 2 aliphatic heterocycles. The number of carbonyl (C=O) groups excluding carboxylic acids is 2. The molecule has 1 fully saturated rings. The Hall–Kier alpha value is -4.23. The van der Waals surface area contributed by atoms with E-state index in [9.17, 15) is 9.59 Å². The van der Waals surface area contributed by atoms with Gasteiger partial charge < -0.3 is 9.47 Å². The second-order valence-electron chi connectivity index (χ2n) is 9.06. The summed E-state index contributed by atoms with van der Waals surface area (Å²) in [6.45, 7) is 6.53. The molecule has 0 saturated carbocycles. The second-order valence-corrected chi connectivity index (χ2v) is 9.06. The first-order valence-corrected chi connectivity index (χ1v) is 11.7. The number of aryl methyl sites for hydroxylation is 1. The number of rotatable bonds is 4. The predicted octanol–water partition coefficient (Wildman–Crippen LogP) is 3.05. The largest absolute Gasteiger partial charge is 0.457 e. The lowest BCUT2D eigenvalue weighted by Crippen LogP contribution is -2.50. The number of ether oxygens (including phenoxy) is 2. The Morgan fingerprint density at radius 3 is 2.86 bits per heavy atom. The molecule has 3 aromatic rings. The second kappa shape index (κ2) is 9.43. The van der Waals surface area contributed by atoms with Gasteiger partial charge in [0.15, 0.2) is 5.82 Å². The normalized spacial score (nSPS) is 17.4. The molecule has 0 spiro atoms. The van der Waals surface area contributed by atoms with Crippen LogP contribution in [0.3, 0.4) is 0 Å². The number of nitriles is 1. The van der Waals surface area contributed by atoms with Gasteiger partial charge in [-0.25, -0.2) is 19.3 Å². The van der Waals surface area contributed by atoms with Gasteiger partial charge in [-0.15, -0.1) is 0 Å². The van der Waals surface area contributed by atoms with Crippen LogP contribution in [0.25, 0.3) is 5.82 Å². The number of piperazine rings is 1. The highest BCUT2D eigenvalue weighted by Crippen LogP contribution is 2.34. The van der Waals surface area contributed by atoms with Gasteiger partial charge in [-0.1, -0.05) is 6.07 Å². The fourth-order valence-corrected chi connectivity index (χ4v) is 4.92. The topological polar surface area (TPSA) is 114 Å². The van der Waals surface area contributed by atoms with Crippen molar-refractivity contribution in [2.75, 3.05) is 26.7 Å². The van der Waals surface area contributed by atoms with Crippen molar-refractivity contribution >= 4 is 12.1 Å². The Kier molecular flexibility index (Phi) is 6.16. The zero-order chi connectivity index (χ0) is 25.4. The Balaban J connectivity index is 1.38. The highest BCUT2D eigenvalue weighted by atomic mass is 16.5. The highest BCUT2D eigenvalue weighted by Gasteiger charge is 2.35. The minimum Gasteiger partial charge on any atom is -0.457 e. The molecule has 36 heavy (non-hydrogen) atoms. The molecule has 1 amide bonds. The molecule has 10 nitrogen and oxygen atoms in total. The van der Waals surface area contributed by atoms with E-state index in [1.807, 2.05) is 32.2 Å². The van der Waals surface area contributed by atoms with Gasteiger partial charge in [-0.3, -0.25) is 9.80 Å². The van der Waals surface area contributed by atoms with Crippen molar-refractivity contribution in [2.24, 2.45) is 0 Å². The maximum Gasteiger partial charge on any atom is 0.410 e. The van der Waals surface area contributed by atoms with Crippen molar-refractivity contribution < 1.29 is 19.1 Å². The van der Waals surface area contributed by atoms with E-state index in [2.05, 4.69) is 21.1 Å². The van der Waals surface area contributed by atoms with E-state index in [-0.39, 0.29) is 24.7 Å². The third kappa shape index (κ3) is 4.18. The molecule has 2 aliphatic rings. The molecule has 0 aliphatic carbocycles. The lowest BCUT2D eigenvalue weighted by atomic mass is 9.92. The van der Waals surface area contributed by atoms with Gasteiger partial charge in [0.2, 0.25) is 0 Å². The van der Waals surface area contributed by atoms with Crippen LogP contribution in [-0.2, 0) is 22.6 Å². The Morgan fingerprint density at radius 1 is 1.28 bits per heavy atom. The number of hydrogen-bond acceptors (Lipinski definition) is 8. The molecule has 0 radical (unpaired) electrons. The fourth-order valence-electron chi connectivity index (χ4n) is 4.92. The molecular formula is C26H26N6O4. The molecule has 1 aromatic carbocycles. The van der Waals surface area contributed by atoms with Crippen LogP contribution >= 0.6 is 0 Å². The number of carbonyl (C=O) groups is 2. The number of fused-ring (bicyclic) bond motifs is 1. The van der Waals surface area contributed by atoms with Gasteiger partial charge in [0, 0.05) is 49.7 Å². The average molecular weight is 487 g/mol. The number of aromatic nitrogens is 3. The monoisotopic (exact) mass is 486 g/mol. The summed E-state index contributed by atoms with van der Waals surface area (Å²) in [6.07, 6.45) is 4.92. The minimum atomic E-state index is -0.373. The lowest BCUT2D eigenvalue weighted by Gasteiger charge is -2.41. The van der Waals surface area contributed by atoms with Crippen molar-refractivity contribution in [1.82, 2.24) is 24.6 Å². The summed E-state index contributed by atoms with van der Waals surface area (Å²) in [5, 5.41) is 13.6. The van der Waals surface area contributed by atoms with Crippen LogP contribution in [0, 0.1) is 25.2 Å². The number of methoxy groups -OCH3 is 1. The average Bonchev–Trinajstić information content (AvgIpc) is 3.51. The van der Waals surface area contributed by atoms with Crippen LogP contribution in [0.15, 0.2) is 36.8 Å². The van der Waals surface area contributed by atoms with E-state index in [4.69, 9.17) is 14.7 Å². The summed E-state index contributed by atoms with van der Waals surface area (Å²) >= 11 is 0. The summed E-state index contributed by atoms with van der Waals surface area (Å²) in [7, 11) is 1.39. The van der Waals surface area contributed by atoms with Crippen LogP contribution < -0.4 is 0 Å². The third-order valence-corrected chi connectivity index (χ3v) is 6.93. The fraction of sp³-hybridized carbons (Fsp3) is 0.346. The lowest BCUT2D eigenvalue weighted by molar-refractivity contribution is 0.0534. The van der Waals surface area contributed by atoms with Crippen molar-refractivity contribution in [3.63, 3.8) is 0 Å². The molecule has 10 heteroatoms. The Morgan fingerprint density at radius 2 is 2.11 bits per heavy atom. The van der Waals surface area contributed by atoms with E-state index in [1.165, 1.54) is 7.11 Å². The van der Waals surface area contributed by atoms with Crippen molar-refractivity contribution in [3.8, 4) is 11.9 Å². The molecule has 2 aromatic heterocycles. The van der Waals surface area contributed by atoms with Gasteiger partial charge in [-0.05, 0) is 42.7 Å². The highest BCUT2D eigenvalue weighted by molar-refractivity contribution is 5.94. The number of nitrogens with zero attached hydrogens (tertiary/aromatic N) is 6. The van der Waals surface area contributed by atoms with E-state index in [1.54, 1.807) is 28.0 Å². The first kappa shape index (κ1) is 23.5. The summed E-state index contributed by atoms with van der Waals surface area (Å²) in [6, 6.07) is 7.44. The predicted molar refractivity (Wildman–Crippen MR) is 128 cm³/mol. The van der Waals surface area contributed by atoms with E-state index in [0.717, 1.165) is 27.8 Å².